The third kappa shape index (κ3) is 5.54. The molecule has 0 aliphatic carbocycles. The van der Waals surface area contributed by atoms with Crippen molar-refractivity contribution in [1.29, 1.82) is 0 Å². The molecule has 2 aliphatic rings. The third-order valence-corrected chi connectivity index (χ3v) is 6.21. The largest absolute Gasteiger partial charge is 0.370 e. The van der Waals surface area contributed by atoms with Crippen LogP contribution in [0.3, 0.4) is 0 Å². The van der Waals surface area contributed by atoms with Gasteiger partial charge in [0.1, 0.15) is 11.9 Å². The molecular weight excluding hydrogens is 519 g/mol. The Kier molecular flexibility index (Phi) is 8.75. The van der Waals surface area contributed by atoms with Crippen molar-refractivity contribution in [2.24, 2.45) is 4.99 Å². The molecule has 1 fully saturated rings. The maximum Gasteiger partial charge on any atom is 0.345 e. The molecule has 0 radical (unpaired) electrons. The highest BCUT2D eigenvalue weighted by atomic mass is 127. The van der Waals surface area contributed by atoms with Gasteiger partial charge in [0.15, 0.2) is 5.96 Å². The van der Waals surface area contributed by atoms with E-state index in [0.29, 0.717) is 13.2 Å². The molecule has 1 atom stereocenters. The number of ether oxygens (including phenoxy) is 1. The summed E-state index contributed by atoms with van der Waals surface area (Å²) in [7, 11) is 1.82. The minimum atomic E-state index is 0. The zero-order chi connectivity index (χ0) is 21.8. The Morgan fingerprint density at radius 2 is 2.12 bits per heavy atom. The molecule has 9 heteroatoms. The van der Waals surface area contributed by atoms with Crippen LogP contribution < -0.4 is 11.0 Å². The molecule has 2 aliphatic heterocycles. The fraction of sp³-hybridized carbons (Fsp3) is 0.609. The summed E-state index contributed by atoms with van der Waals surface area (Å²) in [6.45, 7) is 8.69. The van der Waals surface area contributed by atoms with Gasteiger partial charge in [0, 0.05) is 39.6 Å². The zero-order valence-electron chi connectivity index (χ0n) is 19.3. The van der Waals surface area contributed by atoms with E-state index in [1.54, 1.807) is 4.68 Å². The van der Waals surface area contributed by atoms with Gasteiger partial charge in [0.05, 0.1) is 13.2 Å². The number of aryl methyl sites for hydroxylation is 4. The Labute approximate surface area is 207 Å². The molecule has 0 saturated carbocycles. The molecular formula is C23H35IN6O2. The molecule has 0 spiro atoms. The molecule has 0 bridgehead atoms. The Balaban J connectivity index is 0.00000289. The van der Waals surface area contributed by atoms with Crippen molar-refractivity contribution in [3.8, 4) is 0 Å². The first-order valence-electron chi connectivity index (χ1n) is 11.4. The van der Waals surface area contributed by atoms with E-state index in [0.717, 1.165) is 63.6 Å². The van der Waals surface area contributed by atoms with Gasteiger partial charge in [-0.25, -0.2) is 9.48 Å². The molecule has 4 rings (SSSR count). The van der Waals surface area contributed by atoms with Crippen molar-refractivity contribution in [3.63, 3.8) is 0 Å². The average Bonchev–Trinajstić information content (AvgIpc) is 3.09. The number of fused-ring (bicyclic) bond motifs is 1. The first-order valence-corrected chi connectivity index (χ1v) is 11.4. The second-order valence-electron chi connectivity index (χ2n) is 8.52. The Bertz CT molecular complexity index is 999. The van der Waals surface area contributed by atoms with Gasteiger partial charge < -0.3 is 15.0 Å². The molecule has 1 saturated heterocycles. The summed E-state index contributed by atoms with van der Waals surface area (Å²) in [5, 5.41) is 7.97. The highest BCUT2D eigenvalue weighted by molar-refractivity contribution is 14.0. The Hall–Kier alpha value is -1.88. The monoisotopic (exact) mass is 554 g/mol. The van der Waals surface area contributed by atoms with Gasteiger partial charge in [-0.15, -0.1) is 24.0 Å². The van der Waals surface area contributed by atoms with E-state index in [1.165, 1.54) is 16.7 Å². The van der Waals surface area contributed by atoms with Crippen LogP contribution in [0.15, 0.2) is 28.0 Å². The summed E-state index contributed by atoms with van der Waals surface area (Å²) in [4.78, 5) is 19.2. The standard InChI is InChI=1S/C23H34N6O2.HI/c1-17-8-9-19(18(2)15-17)20-16-27(13-14-31-20)22(24-3)25-10-6-12-29-23(30)28-11-5-4-7-21(28)26-29;/h8-9,15,20H,4-7,10-14,16H2,1-3H3,(H,24,25);1H. The third-order valence-electron chi connectivity index (χ3n) is 6.21. The van der Waals surface area contributed by atoms with E-state index >= 15 is 0 Å². The van der Waals surface area contributed by atoms with Gasteiger partial charge in [-0.3, -0.25) is 9.56 Å². The fourth-order valence-electron chi connectivity index (χ4n) is 4.57. The predicted octanol–water partition coefficient (Wildman–Crippen LogP) is 2.65. The van der Waals surface area contributed by atoms with E-state index in [-0.39, 0.29) is 35.8 Å². The maximum absolute atomic E-state index is 12.5. The molecule has 32 heavy (non-hydrogen) atoms. The van der Waals surface area contributed by atoms with E-state index < -0.39 is 0 Å². The number of hydrogen-bond donors (Lipinski definition) is 1. The second kappa shape index (κ2) is 11.3. The SMILES string of the molecule is CN=C(NCCCn1nc2n(c1=O)CCCC2)N1CCOC(c2ccc(C)cc2C)C1.I. The Morgan fingerprint density at radius 3 is 2.88 bits per heavy atom. The number of rotatable bonds is 5. The predicted molar refractivity (Wildman–Crippen MR) is 137 cm³/mol. The van der Waals surface area contributed by atoms with Gasteiger partial charge >= 0.3 is 5.69 Å². The van der Waals surface area contributed by atoms with E-state index in [2.05, 4.69) is 52.4 Å². The van der Waals surface area contributed by atoms with Crippen LogP contribution in [0.2, 0.25) is 0 Å². The Morgan fingerprint density at radius 1 is 1.28 bits per heavy atom. The van der Waals surface area contributed by atoms with Gasteiger partial charge in [-0.1, -0.05) is 23.8 Å². The molecule has 1 aromatic heterocycles. The normalized spacial score (nSPS) is 18.8. The first kappa shape index (κ1) is 24.8. The first-order chi connectivity index (χ1) is 15.1. The van der Waals surface area contributed by atoms with Crippen LogP contribution >= 0.6 is 24.0 Å². The van der Waals surface area contributed by atoms with Crippen molar-refractivity contribution in [2.75, 3.05) is 33.3 Å². The molecule has 1 unspecified atom stereocenters. The highest BCUT2D eigenvalue weighted by Gasteiger charge is 2.25. The molecule has 1 aromatic carbocycles. The number of aromatic nitrogens is 3. The lowest BCUT2D eigenvalue weighted by Crippen LogP contribution is -2.48. The van der Waals surface area contributed by atoms with Crippen LogP contribution in [0.4, 0.5) is 0 Å². The number of nitrogens with one attached hydrogen (secondary N) is 1. The highest BCUT2D eigenvalue weighted by Crippen LogP contribution is 2.25. The van der Waals surface area contributed by atoms with Crippen LogP contribution in [0.1, 0.15) is 47.9 Å². The van der Waals surface area contributed by atoms with Crippen LogP contribution in [0, 0.1) is 13.8 Å². The molecule has 0 amide bonds. The number of morpholine rings is 1. The van der Waals surface area contributed by atoms with Crippen molar-refractivity contribution < 1.29 is 4.74 Å². The van der Waals surface area contributed by atoms with E-state index in [4.69, 9.17) is 4.74 Å². The van der Waals surface area contributed by atoms with E-state index in [1.807, 2.05) is 11.6 Å². The smallest absolute Gasteiger partial charge is 0.345 e. The number of benzene rings is 1. The quantitative estimate of drug-likeness (QED) is 0.266. The summed E-state index contributed by atoms with van der Waals surface area (Å²) in [6.07, 6.45) is 3.96. The van der Waals surface area contributed by atoms with Gasteiger partial charge in [-0.05, 0) is 44.2 Å². The topological polar surface area (TPSA) is 76.7 Å². The maximum atomic E-state index is 12.5. The molecule has 2 aromatic rings. The van der Waals surface area contributed by atoms with Gasteiger partial charge in [0.2, 0.25) is 0 Å². The van der Waals surface area contributed by atoms with Crippen molar-refractivity contribution >= 4 is 29.9 Å². The van der Waals surface area contributed by atoms with Gasteiger partial charge in [0.25, 0.3) is 0 Å². The molecule has 8 nitrogen and oxygen atoms in total. The van der Waals surface area contributed by atoms with Crippen LogP contribution in [-0.4, -0.2) is 58.5 Å². The lowest BCUT2D eigenvalue weighted by Gasteiger charge is -2.35. The number of nitrogens with zero attached hydrogens (tertiary/aromatic N) is 5. The molecule has 3 heterocycles. The lowest BCUT2D eigenvalue weighted by molar-refractivity contribution is -0.00831. The number of guanidine groups is 1. The minimum absolute atomic E-state index is 0. The van der Waals surface area contributed by atoms with Crippen molar-refractivity contribution in [1.82, 2.24) is 24.6 Å². The summed E-state index contributed by atoms with van der Waals surface area (Å²) in [5.74, 6) is 1.82. The van der Waals surface area contributed by atoms with Gasteiger partial charge in [-0.2, -0.15) is 5.10 Å². The van der Waals surface area contributed by atoms with Crippen LogP contribution in [0.25, 0.3) is 0 Å². The van der Waals surface area contributed by atoms with Crippen LogP contribution in [-0.2, 0) is 24.2 Å². The number of hydrogen-bond acceptors (Lipinski definition) is 4. The molecule has 176 valence electrons. The zero-order valence-corrected chi connectivity index (χ0v) is 21.7. The van der Waals surface area contributed by atoms with Crippen molar-refractivity contribution in [3.05, 3.63) is 51.2 Å². The number of halogens is 1. The van der Waals surface area contributed by atoms with Crippen molar-refractivity contribution in [2.45, 2.75) is 58.7 Å². The summed E-state index contributed by atoms with van der Waals surface area (Å²) >= 11 is 0. The summed E-state index contributed by atoms with van der Waals surface area (Å²) in [5.41, 5.74) is 3.81. The minimum Gasteiger partial charge on any atom is -0.370 e. The lowest BCUT2D eigenvalue weighted by atomic mass is 10.00. The summed E-state index contributed by atoms with van der Waals surface area (Å²) < 4.78 is 9.52. The number of aliphatic imine (C=N–C) groups is 1. The average molecular weight is 554 g/mol. The van der Waals surface area contributed by atoms with Crippen LogP contribution in [0.5, 0.6) is 0 Å². The summed E-state index contributed by atoms with van der Waals surface area (Å²) in [6, 6.07) is 6.53. The second-order valence-corrected chi connectivity index (χ2v) is 8.52. The van der Waals surface area contributed by atoms with E-state index in [9.17, 15) is 4.79 Å². The molecule has 1 N–H and O–H groups in total. The fourth-order valence-corrected chi connectivity index (χ4v) is 4.57.